The lowest BCUT2D eigenvalue weighted by atomic mass is 9.91. The first-order valence-electron chi connectivity index (χ1n) is 7.52. The van der Waals surface area contributed by atoms with Crippen LogP contribution in [0.5, 0.6) is 0 Å². The number of carbonyl (C=O) groups is 1. The molecule has 110 valence electrons. The summed E-state index contributed by atoms with van der Waals surface area (Å²) in [5, 5.41) is 7.18. The molecule has 2 heteroatoms. The van der Waals surface area contributed by atoms with Gasteiger partial charge in [-0.2, -0.15) is 0 Å². The number of carbonyl (C=O) groups excluding carboxylic acids is 1. The Morgan fingerprint density at radius 3 is 2.30 bits per heavy atom. The van der Waals surface area contributed by atoms with E-state index in [0.29, 0.717) is 0 Å². The van der Waals surface area contributed by atoms with Crippen molar-refractivity contribution in [2.45, 2.75) is 6.42 Å². The molecular formula is C21H14O2. The van der Waals surface area contributed by atoms with Crippen LogP contribution in [-0.4, -0.2) is 12.6 Å². The van der Waals surface area contributed by atoms with Crippen molar-refractivity contribution >= 4 is 38.3 Å². The lowest BCUT2D eigenvalue weighted by Crippen LogP contribution is -2.08. The second-order valence-electron chi connectivity index (χ2n) is 5.62. The topological polar surface area (TPSA) is 26.3 Å². The van der Waals surface area contributed by atoms with Gasteiger partial charge in [-0.1, -0.05) is 60.5 Å². The van der Waals surface area contributed by atoms with Crippen LogP contribution in [0.2, 0.25) is 0 Å². The van der Waals surface area contributed by atoms with Gasteiger partial charge in [0.05, 0.1) is 6.42 Å². The van der Waals surface area contributed by atoms with Gasteiger partial charge >= 0.3 is 5.97 Å². The van der Waals surface area contributed by atoms with Gasteiger partial charge in [-0.25, -0.2) is 0 Å². The summed E-state index contributed by atoms with van der Waals surface area (Å²) in [5.74, 6) is 2.03. The van der Waals surface area contributed by atoms with Gasteiger partial charge in [0.2, 0.25) is 0 Å². The van der Waals surface area contributed by atoms with Crippen molar-refractivity contribution < 1.29 is 9.53 Å². The zero-order valence-electron chi connectivity index (χ0n) is 12.5. The van der Waals surface area contributed by atoms with Crippen LogP contribution in [-0.2, 0) is 16.0 Å². The molecule has 0 unspecified atom stereocenters. The van der Waals surface area contributed by atoms with Crippen LogP contribution in [0.4, 0.5) is 0 Å². The average molecular weight is 298 g/mol. The largest absolute Gasteiger partial charge is 0.452 e. The molecule has 0 heterocycles. The molecule has 0 spiro atoms. The van der Waals surface area contributed by atoms with E-state index >= 15 is 0 Å². The molecule has 2 nitrogen and oxygen atoms in total. The number of hydrogen-bond acceptors (Lipinski definition) is 2. The van der Waals surface area contributed by atoms with Crippen LogP contribution in [0.3, 0.4) is 0 Å². The van der Waals surface area contributed by atoms with Crippen LogP contribution in [0, 0.1) is 12.3 Å². The van der Waals surface area contributed by atoms with Crippen LogP contribution in [0.25, 0.3) is 32.3 Å². The highest BCUT2D eigenvalue weighted by atomic mass is 16.5. The summed E-state index contributed by atoms with van der Waals surface area (Å²) in [6.07, 6.45) is 5.36. The maximum absolute atomic E-state index is 11.9. The molecule has 0 amide bonds. The number of ether oxygens (including phenoxy) is 1. The Morgan fingerprint density at radius 1 is 0.913 bits per heavy atom. The maximum atomic E-state index is 11.9. The van der Waals surface area contributed by atoms with Crippen molar-refractivity contribution in [3.05, 3.63) is 60.2 Å². The van der Waals surface area contributed by atoms with Crippen molar-refractivity contribution in [2.24, 2.45) is 0 Å². The lowest BCUT2D eigenvalue weighted by molar-refractivity contribution is -0.141. The molecule has 23 heavy (non-hydrogen) atoms. The Hall–Kier alpha value is -3.05. The van der Waals surface area contributed by atoms with Crippen LogP contribution < -0.4 is 0 Å². The quantitative estimate of drug-likeness (QED) is 0.320. The fourth-order valence-electron chi connectivity index (χ4n) is 3.28. The van der Waals surface area contributed by atoms with Crippen LogP contribution in [0.15, 0.2) is 54.6 Å². The monoisotopic (exact) mass is 298 g/mol. The number of benzene rings is 4. The third-order valence-corrected chi connectivity index (χ3v) is 4.27. The van der Waals surface area contributed by atoms with Crippen LogP contribution in [0.1, 0.15) is 5.56 Å². The molecule has 0 radical (unpaired) electrons. The zero-order valence-corrected chi connectivity index (χ0v) is 12.5. The SMILES string of the molecule is C#CCOC(=O)Cc1ccc2ccc3cccc4ccc1c2c34. The predicted molar refractivity (Wildman–Crippen MR) is 93.6 cm³/mol. The number of rotatable bonds is 3. The normalized spacial score (nSPS) is 11.1. The Morgan fingerprint density at radius 2 is 1.57 bits per heavy atom. The Labute approximate surface area is 134 Å². The van der Waals surface area contributed by atoms with E-state index in [0.717, 1.165) is 10.9 Å². The minimum Gasteiger partial charge on any atom is -0.452 e. The van der Waals surface area contributed by atoms with E-state index in [4.69, 9.17) is 11.2 Å². The summed E-state index contributed by atoms with van der Waals surface area (Å²) in [6, 6.07) is 18.9. The summed E-state index contributed by atoms with van der Waals surface area (Å²) < 4.78 is 5.01. The smallest absolute Gasteiger partial charge is 0.311 e. The maximum Gasteiger partial charge on any atom is 0.311 e. The summed E-state index contributed by atoms with van der Waals surface area (Å²) in [5.41, 5.74) is 0.970. The predicted octanol–water partition coefficient (Wildman–Crippen LogP) is 4.30. The molecule has 0 N–H and O–H groups in total. The third-order valence-electron chi connectivity index (χ3n) is 4.27. The molecule has 0 fully saturated rings. The summed E-state index contributed by atoms with van der Waals surface area (Å²) >= 11 is 0. The van der Waals surface area contributed by atoms with Crippen LogP contribution >= 0.6 is 0 Å². The fraction of sp³-hybridized carbons (Fsp3) is 0.0952. The molecular weight excluding hydrogens is 284 g/mol. The summed E-state index contributed by atoms with van der Waals surface area (Å²) in [4.78, 5) is 11.9. The van der Waals surface area contributed by atoms with E-state index < -0.39 is 0 Å². The van der Waals surface area contributed by atoms with E-state index in [-0.39, 0.29) is 19.0 Å². The second-order valence-corrected chi connectivity index (χ2v) is 5.62. The van der Waals surface area contributed by atoms with E-state index in [1.54, 1.807) is 0 Å². The first-order valence-corrected chi connectivity index (χ1v) is 7.52. The van der Waals surface area contributed by atoms with E-state index in [2.05, 4.69) is 54.5 Å². The van der Waals surface area contributed by atoms with Gasteiger partial charge in [-0.3, -0.25) is 4.79 Å². The number of esters is 1. The van der Waals surface area contributed by atoms with Gasteiger partial charge in [0, 0.05) is 0 Å². The Bertz CT molecular complexity index is 1050. The summed E-state index contributed by atoms with van der Waals surface area (Å²) in [6.45, 7) is 0.0185. The first kappa shape index (κ1) is 13.6. The fourth-order valence-corrected chi connectivity index (χ4v) is 3.28. The van der Waals surface area contributed by atoms with E-state index in [9.17, 15) is 4.79 Å². The Kier molecular flexibility index (Phi) is 3.13. The molecule has 4 aromatic rings. The lowest BCUT2D eigenvalue weighted by Gasteiger charge is -2.13. The molecule has 0 atom stereocenters. The van der Waals surface area contributed by atoms with Crippen molar-refractivity contribution in [1.82, 2.24) is 0 Å². The standard InChI is InChI=1S/C21H14O2/c1-2-12-23-19(22)13-17-9-8-16-7-6-14-4-3-5-15-10-11-18(17)21(16)20(14)15/h1,3-11H,12-13H2. The van der Waals surface area contributed by atoms with Gasteiger partial charge in [0.1, 0.15) is 0 Å². The second kappa shape index (κ2) is 5.30. The zero-order chi connectivity index (χ0) is 15.8. The van der Waals surface area contributed by atoms with E-state index in [1.165, 1.54) is 26.9 Å². The van der Waals surface area contributed by atoms with Gasteiger partial charge in [0.25, 0.3) is 0 Å². The molecule has 0 aliphatic heterocycles. The van der Waals surface area contributed by atoms with Gasteiger partial charge in [0.15, 0.2) is 6.61 Å². The average Bonchev–Trinajstić information content (AvgIpc) is 2.59. The van der Waals surface area contributed by atoms with Crippen molar-refractivity contribution in [1.29, 1.82) is 0 Å². The summed E-state index contributed by atoms with van der Waals surface area (Å²) in [7, 11) is 0. The minimum atomic E-state index is -0.294. The van der Waals surface area contributed by atoms with Gasteiger partial charge in [-0.05, 0) is 37.9 Å². The molecule has 0 saturated carbocycles. The highest BCUT2D eigenvalue weighted by molar-refractivity contribution is 6.23. The molecule has 0 bridgehead atoms. The molecule has 4 aromatic carbocycles. The van der Waals surface area contributed by atoms with Gasteiger partial charge in [-0.15, -0.1) is 6.42 Å². The molecule has 0 saturated heterocycles. The highest BCUT2D eigenvalue weighted by Gasteiger charge is 2.13. The van der Waals surface area contributed by atoms with E-state index in [1.807, 2.05) is 6.07 Å². The minimum absolute atomic E-state index is 0.0185. The molecule has 0 aromatic heterocycles. The Balaban J connectivity index is 1.93. The van der Waals surface area contributed by atoms with Crippen molar-refractivity contribution in [3.8, 4) is 12.3 Å². The molecule has 0 aliphatic rings. The highest BCUT2D eigenvalue weighted by Crippen LogP contribution is 2.35. The van der Waals surface area contributed by atoms with Crippen molar-refractivity contribution in [3.63, 3.8) is 0 Å². The first-order chi connectivity index (χ1) is 11.3. The number of hydrogen-bond donors (Lipinski definition) is 0. The third kappa shape index (κ3) is 2.18. The molecule has 0 aliphatic carbocycles. The molecule has 4 rings (SSSR count). The number of terminal acetylenes is 1. The van der Waals surface area contributed by atoms with Gasteiger partial charge < -0.3 is 4.74 Å². The van der Waals surface area contributed by atoms with Crippen molar-refractivity contribution in [2.75, 3.05) is 6.61 Å².